The minimum atomic E-state index is -0.746. The van der Waals surface area contributed by atoms with Crippen LogP contribution in [0.4, 0.5) is 0 Å². The van der Waals surface area contributed by atoms with Crippen LogP contribution in [-0.4, -0.2) is 52.7 Å². The SMILES string of the molecule is COCC[NH+](CCOC)Cc1c(O)ccc2c([O-])c(-c3ccc(OC)cc3)c(=O)oc12.Cl. The normalized spacial score (nSPS) is 11.0. The molecule has 0 fully saturated rings. The smallest absolute Gasteiger partial charge is 0.343 e. The Morgan fingerprint density at radius 3 is 2.19 bits per heavy atom. The molecule has 0 spiro atoms. The van der Waals surface area contributed by atoms with E-state index in [1.165, 1.54) is 19.2 Å². The van der Waals surface area contributed by atoms with E-state index in [2.05, 4.69) is 0 Å². The lowest BCUT2D eigenvalue weighted by molar-refractivity contribution is -0.914. The maximum absolute atomic E-state index is 13.2. The number of hydrogen-bond acceptors (Lipinski definition) is 7. The summed E-state index contributed by atoms with van der Waals surface area (Å²) >= 11 is 0. The van der Waals surface area contributed by atoms with E-state index in [0.29, 0.717) is 49.7 Å². The van der Waals surface area contributed by atoms with Gasteiger partial charge < -0.3 is 33.7 Å². The lowest BCUT2D eigenvalue weighted by Crippen LogP contribution is -3.11. The van der Waals surface area contributed by atoms with Crippen molar-refractivity contribution in [1.82, 2.24) is 0 Å². The van der Waals surface area contributed by atoms with Gasteiger partial charge in [-0.25, -0.2) is 4.79 Å². The van der Waals surface area contributed by atoms with Crippen LogP contribution < -0.4 is 20.4 Å². The number of phenols is 1. The first kappa shape index (κ1) is 25.5. The van der Waals surface area contributed by atoms with Gasteiger partial charge in [0, 0.05) is 19.6 Å². The van der Waals surface area contributed by atoms with E-state index in [9.17, 15) is 15.0 Å². The fraction of sp³-hybridized carbons (Fsp3) is 0.348. The fourth-order valence-corrected chi connectivity index (χ4v) is 3.51. The maximum Gasteiger partial charge on any atom is 0.343 e. The predicted molar refractivity (Wildman–Crippen MR) is 121 cm³/mol. The van der Waals surface area contributed by atoms with Crippen LogP contribution in [0.5, 0.6) is 17.2 Å². The maximum atomic E-state index is 13.2. The molecule has 0 amide bonds. The molecule has 0 saturated carbocycles. The van der Waals surface area contributed by atoms with Crippen molar-refractivity contribution in [2.45, 2.75) is 6.54 Å². The molecule has 9 heteroatoms. The molecule has 1 heterocycles. The lowest BCUT2D eigenvalue weighted by atomic mass is 10.0. The minimum Gasteiger partial charge on any atom is -0.871 e. The zero-order valence-electron chi connectivity index (χ0n) is 18.3. The molecule has 1 aromatic heterocycles. The molecule has 0 unspecified atom stereocenters. The second-order valence-corrected chi connectivity index (χ2v) is 7.17. The largest absolute Gasteiger partial charge is 0.871 e. The monoisotopic (exact) mass is 465 g/mol. The van der Waals surface area contributed by atoms with E-state index in [0.717, 1.165) is 4.90 Å². The highest BCUT2D eigenvalue weighted by molar-refractivity contribution is 5.92. The fourth-order valence-electron chi connectivity index (χ4n) is 3.51. The van der Waals surface area contributed by atoms with Gasteiger partial charge in [-0.3, -0.25) is 0 Å². The number of aromatic hydroxyl groups is 1. The number of quaternary nitrogens is 1. The number of methoxy groups -OCH3 is 3. The average Bonchev–Trinajstić information content (AvgIpc) is 2.77. The number of phenolic OH excluding ortho intramolecular Hbond substituents is 1. The molecule has 8 nitrogen and oxygen atoms in total. The first-order valence-corrected chi connectivity index (χ1v) is 9.94. The predicted octanol–water partition coefficient (Wildman–Crippen LogP) is 1.35. The van der Waals surface area contributed by atoms with Crippen LogP contribution in [0.25, 0.3) is 22.1 Å². The Morgan fingerprint density at radius 2 is 1.62 bits per heavy atom. The van der Waals surface area contributed by atoms with E-state index in [-0.39, 0.29) is 34.7 Å². The molecular formula is C23H28ClNO7. The van der Waals surface area contributed by atoms with Crippen molar-refractivity contribution in [2.24, 2.45) is 0 Å². The third kappa shape index (κ3) is 5.52. The number of hydrogen-bond donors (Lipinski definition) is 2. The Labute approximate surface area is 192 Å². The Kier molecular flexibility index (Phi) is 9.34. The summed E-state index contributed by atoms with van der Waals surface area (Å²) < 4.78 is 21.1. The first-order valence-electron chi connectivity index (χ1n) is 9.94. The third-order valence-electron chi connectivity index (χ3n) is 5.23. The van der Waals surface area contributed by atoms with Crippen molar-refractivity contribution in [3.8, 4) is 28.4 Å². The summed E-state index contributed by atoms with van der Waals surface area (Å²) in [5.74, 6) is 0.149. The molecule has 0 saturated heterocycles. The molecule has 32 heavy (non-hydrogen) atoms. The summed E-state index contributed by atoms with van der Waals surface area (Å²) in [5.41, 5.74) is 0.179. The highest BCUT2D eigenvalue weighted by Crippen LogP contribution is 2.35. The van der Waals surface area contributed by atoms with Crippen molar-refractivity contribution in [2.75, 3.05) is 47.6 Å². The molecule has 2 aromatic carbocycles. The molecule has 174 valence electrons. The number of rotatable bonds is 10. The van der Waals surface area contributed by atoms with Crippen LogP contribution in [0, 0.1) is 0 Å². The van der Waals surface area contributed by atoms with Gasteiger partial charge in [-0.2, -0.15) is 0 Å². The van der Waals surface area contributed by atoms with Gasteiger partial charge in [-0.15, -0.1) is 12.4 Å². The summed E-state index contributed by atoms with van der Waals surface area (Å²) in [6, 6.07) is 9.57. The Morgan fingerprint density at radius 1 is 1.00 bits per heavy atom. The van der Waals surface area contributed by atoms with Crippen molar-refractivity contribution in [3.05, 3.63) is 52.4 Å². The lowest BCUT2D eigenvalue weighted by Gasteiger charge is -2.21. The standard InChI is InChI=1S/C23H27NO7.ClH/c1-28-12-10-24(11-13-29-2)14-18-19(25)9-8-17-21(26)20(23(27)31-22(17)18)15-4-6-16(30-3)7-5-15;/h4-9,25-26H,10-14H2,1-3H3;1H. The molecule has 0 aliphatic heterocycles. The molecule has 0 aliphatic carbocycles. The van der Waals surface area contributed by atoms with Crippen LogP contribution in [0.1, 0.15) is 5.56 Å². The summed E-state index contributed by atoms with van der Waals surface area (Å²) in [7, 11) is 4.77. The third-order valence-corrected chi connectivity index (χ3v) is 5.23. The van der Waals surface area contributed by atoms with Gasteiger partial charge in [0.15, 0.2) is 0 Å². The molecule has 3 rings (SSSR count). The molecular weight excluding hydrogens is 438 g/mol. The number of halogens is 1. The first-order chi connectivity index (χ1) is 15.0. The van der Waals surface area contributed by atoms with Crippen LogP contribution in [0.15, 0.2) is 45.6 Å². The van der Waals surface area contributed by atoms with E-state index in [4.69, 9.17) is 18.6 Å². The Hall–Kier alpha value is -2.78. The van der Waals surface area contributed by atoms with Crippen molar-refractivity contribution in [3.63, 3.8) is 0 Å². The summed E-state index contributed by atoms with van der Waals surface area (Å²) in [6.07, 6.45) is 0. The molecule has 2 N–H and O–H groups in total. The summed E-state index contributed by atoms with van der Waals surface area (Å²) in [6.45, 7) is 2.70. The van der Waals surface area contributed by atoms with E-state index >= 15 is 0 Å². The highest BCUT2D eigenvalue weighted by atomic mass is 35.5. The van der Waals surface area contributed by atoms with Gasteiger partial charge in [0.25, 0.3) is 0 Å². The minimum absolute atomic E-state index is 0. The van der Waals surface area contributed by atoms with Gasteiger partial charge in [0.1, 0.15) is 36.7 Å². The van der Waals surface area contributed by atoms with Crippen LogP contribution in [-0.2, 0) is 16.0 Å². The van der Waals surface area contributed by atoms with Gasteiger partial charge in [0.2, 0.25) is 0 Å². The van der Waals surface area contributed by atoms with Crippen LogP contribution in [0.2, 0.25) is 0 Å². The zero-order chi connectivity index (χ0) is 22.4. The number of ether oxygens (including phenoxy) is 3. The van der Waals surface area contributed by atoms with Crippen LogP contribution in [0.3, 0.4) is 0 Å². The second-order valence-electron chi connectivity index (χ2n) is 7.17. The second kappa shape index (κ2) is 11.7. The number of nitrogens with one attached hydrogen (secondary N) is 1. The van der Waals surface area contributed by atoms with E-state index < -0.39 is 11.4 Å². The molecule has 0 atom stereocenters. The topological polar surface area (TPSA) is 106 Å². The van der Waals surface area contributed by atoms with Crippen molar-refractivity contribution < 1.29 is 33.7 Å². The average molecular weight is 466 g/mol. The Bertz CT molecular complexity index is 1070. The summed E-state index contributed by atoms with van der Waals surface area (Å²) in [4.78, 5) is 13.8. The zero-order valence-corrected chi connectivity index (χ0v) is 19.1. The number of fused-ring (bicyclic) bond motifs is 1. The summed E-state index contributed by atoms with van der Waals surface area (Å²) in [5, 5.41) is 23.9. The van der Waals surface area contributed by atoms with Crippen LogP contribution >= 0.6 is 12.4 Å². The van der Waals surface area contributed by atoms with Crippen molar-refractivity contribution in [1.29, 1.82) is 0 Å². The van der Waals surface area contributed by atoms with E-state index in [1.54, 1.807) is 38.5 Å². The molecule has 0 radical (unpaired) electrons. The van der Waals surface area contributed by atoms with Gasteiger partial charge in [-0.1, -0.05) is 17.9 Å². The van der Waals surface area contributed by atoms with Gasteiger partial charge >= 0.3 is 5.63 Å². The molecule has 0 aliphatic rings. The Balaban J connectivity index is 0.00000363. The molecule has 3 aromatic rings. The van der Waals surface area contributed by atoms with Gasteiger partial charge in [0.05, 0.1) is 31.5 Å². The van der Waals surface area contributed by atoms with Crippen molar-refractivity contribution >= 4 is 23.4 Å². The highest BCUT2D eigenvalue weighted by Gasteiger charge is 2.20. The van der Waals surface area contributed by atoms with Gasteiger partial charge in [-0.05, 0) is 29.8 Å². The molecule has 0 bridgehead atoms. The number of benzene rings is 2. The van der Waals surface area contributed by atoms with E-state index in [1.807, 2.05) is 0 Å². The quantitative estimate of drug-likeness (QED) is 0.435.